The van der Waals surface area contributed by atoms with E-state index in [1.54, 1.807) is 0 Å². The van der Waals surface area contributed by atoms with Gasteiger partial charge in [-0.1, -0.05) is 33.8 Å². The number of halogens is 1. The predicted octanol–water partition coefficient (Wildman–Crippen LogP) is 6.83. The van der Waals surface area contributed by atoms with Gasteiger partial charge in [-0.05, 0) is 75.6 Å². The van der Waals surface area contributed by atoms with Crippen molar-refractivity contribution in [3.63, 3.8) is 0 Å². The molecule has 0 saturated heterocycles. The number of esters is 1. The summed E-state index contributed by atoms with van der Waals surface area (Å²) in [4.78, 5) is 10.2. The molecule has 0 spiro atoms. The van der Waals surface area contributed by atoms with Gasteiger partial charge >= 0.3 is 5.97 Å². The van der Waals surface area contributed by atoms with Gasteiger partial charge < -0.3 is 9.47 Å². The molecule has 2 rings (SSSR count). The highest BCUT2D eigenvalue weighted by molar-refractivity contribution is 5.66. The van der Waals surface area contributed by atoms with E-state index in [0.29, 0.717) is 6.42 Å². The van der Waals surface area contributed by atoms with Gasteiger partial charge in [-0.25, -0.2) is 4.39 Å². The Balaban J connectivity index is 0.000000574. The summed E-state index contributed by atoms with van der Waals surface area (Å²) in [6, 6.07) is 5.85. The van der Waals surface area contributed by atoms with Crippen LogP contribution in [0.5, 0.6) is 5.75 Å². The Bertz CT molecular complexity index is 545. The number of carbonyl (C=O) groups is 1. The van der Waals surface area contributed by atoms with E-state index in [-0.39, 0.29) is 11.6 Å². The van der Waals surface area contributed by atoms with Crippen LogP contribution < -0.4 is 4.74 Å². The average Bonchev–Trinajstić information content (AvgIpc) is 3.43. The fourth-order valence-electron chi connectivity index (χ4n) is 2.43. The smallest absolute Gasteiger partial charge is 0.303 e. The van der Waals surface area contributed by atoms with Gasteiger partial charge in [0.2, 0.25) is 0 Å². The Morgan fingerprint density at radius 1 is 1.22 bits per heavy atom. The molecule has 1 atom stereocenters. The summed E-state index contributed by atoms with van der Waals surface area (Å²) in [7, 11) is 0. The molecule has 1 aromatic rings. The van der Waals surface area contributed by atoms with Crippen molar-refractivity contribution in [2.45, 2.75) is 92.8 Å². The molecular formula is C23H39FO3. The maximum Gasteiger partial charge on any atom is 0.303 e. The van der Waals surface area contributed by atoms with Gasteiger partial charge in [-0.15, -0.1) is 0 Å². The molecule has 1 aromatic carbocycles. The first-order chi connectivity index (χ1) is 12.7. The quantitative estimate of drug-likeness (QED) is 0.506. The lowest BCUT2D eigenvalue weighted by molar-refractivity contribution is -0.151. The second kappa shape index (κ2) is 12.7. The molecule has 3 nitrogen and oxygen atoms in total. The highest BCUT2D eigenvalue weighted by atomic mass is 19.1. The fraction of sp³-hybridized carbons (Fsp3) is 0.696. The van der Waals surface area contributed by atoms with Gasteiger partial charge in [0.15, 0.2) is 0 Å². The van der Waals surface area contributed by atoms with Gasteiger partial charge in [-0.2, -0.15) is 0 Å². The van der Waals surface area contributed by atoms with Crippen molar-refractivity contribution in [1.29, 1.82) is 0 Å². The van der Waals surface area contributed by atoms with Crippen LogP contribution in [0.4, 0.5) is 4.39 Å². The maximum absolute atomic E-state index is 13.8. The van der Waals surface area contributed by atoms with Crippen LogP contribution in [-0.2, 0) is 16.0 Å². The Morgan fingerprint density at radius 3 is 2.19 bits per heavy atom. The molecule has 1 unspecified atom stereocenters. The molecular weight excluding hydrogens is 343 g/mol. The van der Waals surface area contributed by atoms with Crippen molar-refractivity contribution in [3.8, 4) is 5.75 Å². The van der Waals surface area contributed by atoms with Crippen molar-refractivity contribution in [2.75, 3.05) is 6.61 Å². The van der Waals surface area contributed by atoms with Crippen LogP contribution in [0.1, 0.15) is 92.0 Å². The van der Waals surface area contributed by atoms with E-state index in [2.05, 4.69) is 6.92 Å². The van der Waals surface area contributed by atoms with E-state index < -0.39 is 6.17 Å². The molecule has 4 heteroatoms. The monoisotopic (exact) mass is 382 g/mol. The first kappa shape index (κ1) is 25.4. The lowest BCUT2D eigenvalue weighted by Gasteiger charge is -2.17. The van der Waals surface area contributed by atoms with Gasteiger partial charge in [0.25, 0.3) is 0 Å². The van der Waals surface area contributed by atoms with E-state index >= 15 is 0 Å². The summed E-state index contributed by atoms with van der Waals surface area (Å²) in [5.41, 5.74) is 1.58. The summed E-state index contributed by atoms with van der Waals surface area (Å²) < 4.78 is 24.3. The molecule has 1 aliphatic carbocycles. The largest absolute Gasteiger partial charge is 0.493 e. The number of rotatable bonds is 6. The standard InChI is InChI=1S/C15H21FO.C6H12O2.C2H6/c1-3-12-7-8-13(17-10-11-5-6-11)9-14(12)15(16)4-2;1-5(7)8-6(2,3)4;1-2/h7-9,11,15H,3-6,10H2,1-2H3;1-4H3;1-2H3. The normalized spacial score (nSPS) is 14.1. The molecule has 156 valence electrons. The minimum Gasteiger partial charge on any atom is -0.493 e. The van der Waals surface area contributed by atoms with Crippen LogP contribution in [-0.4, -0.2) is 18.2 Å². The summed E-state index contributed by atoms with van der Waals surface area (Å²) in [6.07, 6.45) is 3.09. The molecule has 0 radical (unpaired) electrons. The molecule has 1 saturated carbocycles. The van der Waals surface area contributed by atoms with Crippen molar-refractivity contribution in [3.05, 3.63) is 29.3 Å². The minimum atomic E-state index is -0.866. The van der Waals surface area contributed by atoms with Gasteiger partial charge in [-0.3, -0.25) is 4.79 Å². The third kappa shape index (κ3) is 11.7. The van der Waals surface area contributed by atoms with Crippen molar-refractivity contribution in [2.24, 2.45) is 5.92 Å². The summed E-state index contributed by atoms with van der Waals surface area (Å²) in [5, 5.41) is 0. The van der Waals surface area contributed by atoms with E-state index in [9.17, 15) is 9.18 Å². The topological polar surface area (TPSA) is 35.5 Å². The second-order valence-corrected chi connectivity index (χ2v) is 7.55. The number of hydrogen-bond donors (Lipinski definition) is 0. The molecule has 1 aliphatic rings. The average molecular weight is 383 g/mol. The number of aryl methyl sites for hydroxylation is 1. The third-order valence-corrected chi connectivity index (χ3v) is 3.83. The molecule has 0 amide bonds. The van der Waals surface area contributed by atoms with Crippen molar-refractivity contribution < 1.29 is 18.7 Å². The zero-order chi connectivity index (χ0) is 21.0. The second-order valence-electron chi connectivity index (χ2n) is 7.55. The fourth-order valence-corrected chi connectivity index (χ4v) is 2.43. The molecule has 0 heterocycles. The van der Waals surface area contributed by atoms with Gasteiger partial charge in [0, 0.05) is 6.92 Å². The van der Waals surface area contributed by atoms with Crippen LogP contribution in [0.3, 0.4) is 0 Å². The highest BCUT2D eigenvalue weighted by Crippen LogP contribution is 2.32. The molecule has 1 fully saturated rings. The summed E-state index contributed by atoms with van der Waals surface area (Å²) >= 11 is 0. The van der Waals surface area contributed by atoms with Crippen LogP contribution in [0, 0.1) is 5.92 Å². The Morgan fingerprint density at radius 2 is 1.81 bits per heavy atom. The summed E-state index contributed by atoms with van der Waals surface area (Å²) in [5.74, 6) is 1.33. The Hall–Kier alpha value is -1.58. The third-order valence-electron chi connectivity index (χ3n) is 3.83. The molecule has 27 heavy (non-hydrogen) atoms. The van der Waals surface area contributed by atoms with Crippen molar-refractivity contribution in [1.82, 2.24) is 0 Å². The first-order valence-corrected chi connectivity index (χ1v) is 10.3. The van der Waals surface area contributed by atoms with Crippen molar-refractivity contribution >= 4 is 5.97 Å². The maximum atomic E-state index is 13.8. The Labute approximate surface area is 165 Å². The van der Waals surface area contributed by atoms with Crippen LogP contribution in [0.2, 0.25) is 0 Å². The zero-order valence-corrected chi connectivity index (χ0v) is 18.5. The minimum absolute atomic E-state index is 0.225. The SMILES string of the molecule is CC.CC(=O)OC(C)(C)C.CCc1ccc(OCC2CC2)cc1C(F)CC. The van der Waals surface area contributed by atoms with Gasteiger partial charge in [0.05, 0.1) is 6.61 Å². The molecule has 0 aliphatic heterocycles. The molecule has 0 N–H and O–H groups in total. The number of hydrogen-bond acceptors (Lipinski definition) is 3. The highest BCUT2D eigenvalue weighted by Gasteiger charge is 2.22. The lowest BCUT2D eigenvalue weighted by atomic mass is 9.99. The van der Waals surface area contributed by atoms with Crippen LogP contribution in [0.25, 0.3) is 0 Å². The number of benzene rings is 1. The van der Waals surface area contributed by atoms with E-state index in [0.717, 1.165) is 35.8 Å². The predicted molar refractivity (Wildman–Crippen MR) is 111 cm³/mol. The van der Waals surface area contributed by atoms with Crippen LogP contribution >= 0.6 is 0 Å². The van der Waals surface area contributed by atoms with E-state index in [1.165, 1.54) is 19.8 Å². The van der Waals surface area contributed by atoms with E-state index in [1.807, 2.05) is 59.7 Å². The number of ether oxygens (including phenoxy) is 2. The molecule has 0 bridgehead atoms. The number of alkyl halides is 1. The summed E-state index contributed by atoms with van der Waals surface area (Å²) in [6.45, 7) is 15.7. The Kier molecular flexibility index (Phi) is 12.0. The van der Waals surface area contributed by atoms with E-state index in [4.69, 9.17) is 9.47 Å². The lowest BCUT2D eigenvalue weighted by Crippen LogP contribution is -2.21. The van der Waals surface area contributed by atoms with Gasteiger partial charge in [0.1, 0.15) is 17.5 Å². The first-order valence-electron chi connectivity index (χ1n) is 10.3. The number of carbonyl (C=O) groups excluding carboxylic acids is 1. The molecule has 0 aromatic heterocycles. The van der Waals surface area contributed by atoms with Crippen LogP contribution in [0.15, 0.2) is 18.2 Å². The zero-order valence-electron chi connectivity index (χ0n) is 18.5.